The fourth-order valence-corrected chi connectivity index (χ4v) is 4.88. The van der Waals surface area contributed by atoms with Crippen molar-refractivity contribution < 1.29 is 9.53 Å². The van der Waals surface area contributed by atoms with Gasteiger partial charge in [-0.15, -0.1) is 11.3 Å². The molecule has 104 valence electrons. The van der Waals surface area contributed by atoms with Crippen LogP contribution in [0.2, 0.25) is 0 Å². The second kappa shape index (κ2) is 5.42. The maximum absolute atomic E-state index is 12.1. The Labute approximate surface area is 133 Å². The molecule has 1 aromatic heterocycles. The lowest BCUT2D eigenvalue weighted by Gasteiger charge is -2.19. The molecule has 0 aliphatic carbocycles. The van der Waals surface area contributed by atoms with Gasteiger partial charge >= 0.3 is 5.97 Å². The first-order valence-corrected chi connectivity index (χ1v) is 8.57. The van der Waals surface area contributed by atoms with Crippen LogP contribution in [-0.2, 0) is 4.74 Å². The first-order valence-electron chi connectivity index (χ1n) is 6.15. The molecule has 3 rings (SSSR count). The third kappa shape index (κ3) is 2.36. The molecule has 2 heterocycles. The molecule has 20 heavy (non-hydrogen) atoms. The van der Waals surface area contributed by atoms with Gasteiger partial charge in [-0.1, -0.05) is 27.7 Å². The van der Waals surface area contributed by atoms with Crippen LogP contribution in [0.5, 0.6) is 0 Å². The van der Waals surface area contributed by atoms with Gasteiger partial charge in [0.25, 0.3) is 0 Å². The van der Waals surface area contributed by atoms with Gasteiger partial charge in [0, 0.05) is 14.2 Å². The Hall–Kier alpha value is -0.980. The Morgan fingerprint density at radius 2 is 2.25 bits per heavy atom. The minimum Gasteiger partial charge on any atom is -0.462 e. The van der Waals surface area contributed by atoms with E-state index in [-0.39, 0.29) is 5.97 Å². The van der Waals surface area contributed by atoms with E-state index in [1.807, 2.05) is 26.0 Å². The number of aryl methyl sites for hydroxylation is 1. The molecule has 1 N–H and O–H groups in total. The summed E-state index contributed by atoms with van der Waals surface area (Å²) in [5.41, 5.74) is 2.55. The third-order valence-corrected chi connectivity index (χ3v) is 5.79. The van der Waals surface area contributed by atoms with Crippen molar-refractivity contribution in [2.45, 2.75) is 23.0 Å². The summed E-state index contributed by atoms with van der Waals surface area (Å²) in [7, 11) is 0. The van der Waals surface area contributed by atoms with Crippen LogP contribution in [0, 0.1) is 6.92 Å². The van der Waals surface area contributed by atoms with Crippen molar-refractivity contribution in [2.24, 2.45) is 0 Å². The van der Waals surface area contributed by atoms with Crippen molar-refractivity contribution in [1.82, 2.24) is 0 Å². The number of carbonyl (C=O) groups excluding carboxylic acids is 1. The molecular formula is C14H12BrNO2S2. The smallest absolute Gasteiger partial charge is 0.341 e. The van der Waals surface area contributed by atoms with Crippen molar-refractivity contribution in [3.8, 4) is 0 Å². The quantitative estimate of drug-likeness (QED) is 0.629. The summed E-state index contributed by atoms with van der Waals surface area (Å²) >= 11 is 6.79. The SMILES string of the molecule is CCOC(=O)c1c(C)sc2c1Nc1cc(Br)ccc1S2. The van der Waals surface area contributed by atoms with Crippen LogP contribution in [0.15, 0.2) is 31.8 Å². The highest BCUT2D eigenvalue weighted by Gasteiger charge is 2.27. The van der Waals surface area contributed by atoms with E-state index in [0.29, 0.717) is 12.2 Å². The van der Waals surface area contributed by atoms with Crippen LogP contribution in [-0.4, -0.2) is 12.6 Å². The molecule has 2 aromatic rings. The van der Waals surface area contributed by atoms with Crippen LogP contribution in [0.3, 0.4) is 0 Å². The molecule has 1 aliphatic rings. The Kier molecular flexibility index (Phi) is 3.79. The number of benzene rings is 1. The number of fused-ring (bicyclic) bond motifs is 2. The molecule has 0 spiro atoms. The summed E-state index contributed by atoms with van der Waals surface area (Å²) in [6.07, 6.45) is 0. The van der Waals surface area contributed by atoms with Gasteiger partial charge in [0.1, 0.15) is 0 Å². The molecule has 0 saturated carbocycles. The van der Waals surface area contributed by atoms with E-state index in [4.69, 9.17) is 4.74 Å². The van der Waals surface area contributed by atoms with E-state index in [1.54, 1.807) is 23.1 Å². The zero-order valence-electron chi connectivity index (χ0n) is 11.0. The minimum absolute atomic E-state index is 0.256. The summed E-state index contributed by atoms with van der Waals surface area (Å²) in [6.45, 7) is 4.16. The van der Waals surface area contributed by atoms with Crippen LogP contribution < -0.4 is 5.32 Å². The second-order valence-electron chi connectivity index (χ2n) is 4.28. The normalized spacial score (nSPS) is 12.3. The first kappa shape index (κ1) is 14.0. The van der Waals surface area contributed by atoms with Crippen LogP contribution in [0.25, 0.3) is 0 Å². The van der Waals surface area contributed by atoms with Gasteiger partial charge in [0.2, 0.25) is 0 Å². The molecule has 0 radical (unpaired) electrons. The summed E-state index contributed by atoms with van der Waals surface area (Å²) in [6, 6.07) is 6.11. The predicted molar refractivity (Wildman–Crippen MR) is 86.6 cm³/mol. The summed E-state index contributed by atoms with van der Waals surface area (Å²) < 4.78 is 7.28. The molecule has 0 bridgehead atoms. The number of nitrogens with one attached hydrogen (secondary N) is 1. The standard InChI is InChI=1S/C14H12BrNO2S2/c1-3-18-13(17)11-7(2)19-14-12(11)16-9-6-8(15)4-5-10(9)20-14/h4-6,16H,3H2,1-2H3. The summed E-state index contributed by atoms with van der Waals surface area (Å²) in [5, 5.41) is 3.37. The molecule has 0 atom stereocenters. The summed E-state index contributed by atoms with van der Waals surface area (Å²) in [4.78, 5) is 14.3. The number of thiophene rings is 1. The lowest BCUT2D eigenvalue weighted by Crippen LogP contribution is -2.09. The highest BCUT2D eigenvalue weighted by atomic mass is 79.9. The lowest BCUT2D eigenvalue weighted by atomic mass is 10.2. The number of esters is 1. The number of halogens is 1. The monoisotopic (exact) mass is 369 g/mol. The molecule has 6 heteroatoms. The Morgan fingerprint density at radius 1 is 1.45 bits per heavy atom. The van der Waals surface area contributed by atoms with Crippen molar-refractivity contribution in [3.05, 3.63) is 33.1 Å². The first-order chi connectivity index (χ1) is 9.60. The van der Waals surface area contributed by atoms with Gasteiger partial charge in [0.15, 0.2) is 0 Å². The van der Waals surface area contributed by atoms with Gasteiger partial charge < -0.3 is 10.1 Å². The lowest BCUT2D eigenvalue weighted by molar-refractivity contribution is 0.0527. The Bertz CT molecular complexity index is 697. The van der Waals surface area contributed by atoms with Gasteiger partial charge in [-0.25, -0.2) is 4.79 Å². The highest BCUT2D eigenvalue weighted by Crippen LogP contribution is 2.51. The minimum atomic E-state index is -0.256. The highest BCUT2D eigenvalue weighted by molar-refractivity contribution is 9.10. The number of ether oxygens (including phenoxy) is 1. The number of hydrogen-bond donors (Lipinski definition) is 1. The van der Waals surface area contributed by atoms with Crippen molar-refractivity contribution in [1.29, 1.82) is 0 Å². The van der Waals surface area contributed by atoms with Crippen molar-refractivity contribution >= 4 is 56.4 Å². The average molecular weight is 370 g/mol. The van der Waals surface area contributed by atoms with E-state index >= 15 is 0 Å². The number of anilines is 2. The third-order valence-electron chi connectivity index (χ3n) is 2.94. The largest absolute Gasteiger partial charge is 0.462 e. The number of hydrogen-bond acceptors (Lipinski definition) is 5. The molecule has 0 unspecified atom stereocenters. The Balaban J connectivity index is 2.05. The average Bonchev–Trinajstić information content (AvgIpc) is 2.71. The molecule has 1 aliphatic heterocycles. The number of carbonyl (C=O) groups is 1. The molecule has 0 fully saturated rings. The van der Waals surface area contributed by atoms with E-state index in [9.17, 15) is 4.79 Å². The molecule has 0 saturated heterocycles. The number of rotatable bonds is 2. The predicted octanol–water partition coefficient (Wildman–Crippen LogP) is 5.20. The van der Waals surface area contributed by atoms with E-state index in [2.05, 4.69) is 27.3 Å². The second-order valence-corrected chi connectivity index (χ2v) is 7.73. The van der Waals surface area contributed by atoms with Crippen LogP contribution in [0.4, 0.5) is 11.4 Å². The molecule has 3 nitrogen and oxygen atoms in total. The zero-order valence-corrected chi connectivity index (χ0v) is 14.2. The molecule has 1 aromatic carbocycles. The molecular weight excluding hydrogens is 358 g/mol. The summed E-state index contributed by atoms with van der Waals surface area (Å²) in [5.74, 6) is -0.256. The van der Waals surface area contributed by atoms with E-state index in [0.717, 1.165) is 29.8 Å². The fraction of sp³-hybridized carbons (Fsp3) is 0.214. The Morgan fingerprint density at radius 3 is 3.00 bits per heavy atom. The van der Waals surface area contributed by atoms with Crippen molar-refractivity contribution in [3.63, 3.8) is 0 Å². The maximum Gasteiger partial charge on any atom is 0.341 e. The topological polar surface area (TPSA) is 38.3 Å². The molecule has 0 amide bonds. The fourth-order valence-electron chi connectivity index (χ4n) is 2.08. The van der Waals surface area contributed by atoms with Gasteiger partial charge in [0.05, 0.1) is 27.8 Å². The van der Waals surface area contributed by atoms with E-state index in [1.165, 1.54) is 0 Å². The van der Waals surface area contributed by atoms with Crippen LogP contribution >= 0.6 is 39.0 Å². The van der Waals surface area contributed by atoms with Gasteiger partial charge in [-0.3, -0.25) is 0 Å². The van der Waals surface area contributed by atoms with Gasteiger partial charge in [-0.2, -0.15) is 0 Å². The van der Waals surface area contributed by atoms with Crippen LogP contribution in [0.1, 0.15) is 22.2 Å². The zero-order chi connectivity index (χ0) is 14.3. The van der Waals surface area contributed by atoms with Gasteiger partial charge in [-0.05, 0) is 32.0 Å². The van der Waals surface area contributed by atoms with Crippen molar-refractivity contribution in [2.75, 3.05) is 11.9 Å². The van der Waals surface area contributed by atoms with E-state index < -0.39 is 0 Å². The maximum atomic E-state index is 12.1.